The highest BCUT2D eigenvalue weighted by Gasteiger charge is 2.36. The largest absolute Gasteiger partial charge is 0.454 e. The molecule has 0 bridgehead atoms. The lowest BCUT2D eigenvalue weighted by Crippen LogP contribution is -2.16. The van der Waals surface area contributed by atoms with Gasteiger partial charge in [0.05, 0.1) is 5.69 Å². The van der Waals surface area contributed by atoms with E-state index in [1.54, 1.807) is 0 Å². The van der Waals surface area contributed by atoms with Crippen molar-refractivity contribution >= 4 is 81.3 Å². The molecule has 0 fully saturated rings. The molecule has 10 rings (SSSR count). The summed E-state index contributed by atoms with van der Waals surface area (Å²) < 4.78 is 9.41. The van der Waals surface area contributed by atoms with E-state index < -0.39 is 0 Å². The number of rotatable bonds is 3. The van der Waals surface area contributed by atoms with Crippen molar-refractivity contribution in [2.24, 2.45) is 0 Å². The molecule has 2 aromatic heterocycles. The molecule has 3 heteroatoms. The summed E-state index contributed by atoms with van der Waals surface area (Å²) in [5.74, 6) is 0. The van der Waals surface area contributed by atoms with Gasteiger partial charge in [0.25, 0.3) is 0 Å². The van der Waals surface area contributed by atoms with Crippen molar-refractivity contribution in [1.82, 2.24) is 0 Å². The highest BCUT2D eigenvalue weighted by Crippen LogP contribution is 2.51. The van der Waals surface area contributed by atoms with Crippen molar-refractivity contribution in [3.05, 3.63) is 151 Å². The molecule has 9 aromatic rings. The maximum absolute atomic E-state index is 6.80. The molecule has 2 heterocycles. The van der Waals surface area contributed by atoms with E-state index in [1.165, 1.54) is 53.2 Å². The number of benzene rings is 7. The number of hydrogen-bond donors (Lipinski definition) is 0. The van der Waals surface area contributed by atoms with Crippen LogP contribution in [0.1, 0.15) is 25.0 Å². The Labute approximate surface area is 270 Å². The quantitative estimate of drug-likeness (QED) is 0.199. The van der Waals surface area contributed by atoms with Crippen LogP contribution in [0.4, 0.5) is 17.1 Å². The zero-order valence-corrected chi connectivity index (χ0v) is 26.4. The van der Waals surface area contributed by atoms with Crippen LogP contribution in [0.3, 0.4) is 0 Å². The van der Waals surface area contributed by atoms with E-state index in [2.05, 4.69) is 158 Å². The Hall–Kier alpha value is -5.38. The second kappa shape index (κ2) is 9.32. The Bertz CT molecular complexity index is 2690. The average molecular weight is 608 g/mol. The maximum Gasteiger partial charge on any atom is 0.159 e. The van der Waals surface area contributed by atoms with E-state index in [0.717, 1.165) is 39.0 Å². The van der Waals surface area contributed by atoms with Crippen LogP contribution in [0.2, 0.25) is 0 Å². The lowest BCUT2D eigenvalue weighted by atomic mass is 9.82. The molecule has 0 atom stereocenters. The molecule has 0 amide bonds. The van der Waals surface area contributed by atoms with Gasteiger partial charge in [0, 0.05) is 47.7 Å². The third-order valence-electron chi connectivity index (χ3n) is 10.0. The monoisotopic (exact) mass is 607 g/mol. The first kappa shape index (κ1) is 25.9. The van der Waals surface area contributed by atoms with Crippen molar-refractivity contribution in [3.63, 3.8) is 0 Å². The Morgan fingerprint density at radius 2 is 1.22 bits per heavy atom. The van der Waals surface area contributed by atoms with Crippen LogP contribution < -0.4 is 4.90 Å². The Morgan fingerprint density at radius 3 is 2.13 bits per heavy atom. The molecular weight excluding hydrogens is 579 g/mol. The number of para-hydroxylation sites is 1. The number of anilines is 3. The standard InChI is InChI=1S/C43H29NOS/c1-43(2)36-15-7-5-12-30(36)31-20-18-29(25-37(31)43)44(28-19-21-41-35(24-28)32-13-6-8-17-40(32)46-41)38-16-9-14-33-34-22-26-10-3-4-11-27(26)23-39(34)45-42(33)38/h3-25H,1-2H3. The molecule has 0 radical (unpaired) electrons. The van der Waals surface area contributed by atoms with Gasteiger partial charge in [0.1, 0.15) is 5.58 Å². The average Bonchev–Trinajstić information content (AvgIpc) is 3.72. The highest BCUT2D eigenvalue weighted by atomic mass is 32.1. The molecule has 0 saturated heterocycles. The fraction of sp³-hybridized carbons (Fsp3) is 0.0698. The van der Waals surface area contributed by atoms with Gasteiger partial charge in [0.2, 0.25) is 0 Å². The third kappa shape index (κ3) is 3.58. The number of nitrogens with zero attached hydrogens (tertiary/aromatic N) is 1. The molecule has 46 heavy (non-hydrogen) atoms. The molecule has 1 aliphatic rings. The summed E-state index contributed by atoms with van der Waals surface area (Å²) >= 11 is 1.85. The maximum atomic E-state index is 6.80. The molecule has 218 valence electrons. The van der Waals surface area contributed by atoms with Gasteiger partial charge in [-0.2, -0.15) is 0 Å². The van der Waals surface area contributed by atoms with E-state index in [-0.39, 0.29) is 5.41 Å². The Morgan fingerprint density at radius 1 is 0.522 bits per heavy atom. The van der Waals surface area contributed by atoms with Crippen molar-refractivity contribution < 1.29 is 4.42 Å². The molecular formula is C43H29NOS. The van der Waals surface area contributed by atoms with Gasteiger partial charge in [0.15, 0.2) is 5.58 Å². The summed E-state index contributed by atoms with van der Waals surface area (Å²) in [4.78, 5) is 2.40. The third-order valence-corrected chi connectivity index (χ3v) is 11.2. The molecule has 0 spiro atoms. The first-order chi connectivity index (χ1) is 22.5. The van der Waals surface area contributed by atoms with Crippen LogP contribution in [0.25, 0.3) is 64.0 Å². The van der Waals surface area contributed by atoms with Crippen molar-refractivity contribution in [1.29, 1.82) is 0 Å². The zero-order chi connectivity index (χ0) is 30.6. The van der Waals surface area contributed by atoms with E-state index in [1.807, 2.05) is 11.3 Å². The fourth-order valence-corrected chi connectivity index (χ4v) is 8.84. The first-order valence-corrected chi connectivity index (χ1v) is 16.7. The molecule has 0 saturated carbocycles. The number of hydrogen-bond acceptors (Lipinski definition) is 3. The van der Waals surface area contributed by atoms with Gasteiger partial charge in [-0.1, -0.05) is 98.8 Å². The molecule has 0 aliphatic heterocycles. The molecule has 0 N–H and O–H groups in total. The predicted octanol–water partition coefficient (Wildman–Crippen LogP) is 12.9. The van der Waals surface area contributed by atoms with Crippen molar-refractivity contribution in [3.8, 4) is 11.1 Å². The van der Waals surface area contributed by atoms with Crippen LogP contribution in [0.5, 0.6) is 0 Å². The molecule has 7 aromatic carbocycles. The Balaban J connectivity index is 1.25. The fourth-order valence-electron chi connectivity index (χ4n) is 7.76. The van der Waals surface area contributed by atoms with Crippen LogP contribution in [0, 0.1) is 0 Å². The Kier molecular flexibility index (Phi) is 5.25. The van der Waals surface area contributed by atoms with Gasteiger partial charge in [-0.05, 0) is 87.6 Å². The van der Waals surface area contributed by atoms with E-state index in [0.29, 0.717) is 0 Å². The van der Waals surface area contributed by atoms with Gasteiger partial charge in [-0.25, -0.2) is 0 Å². The predicted molar refractivity (Wildman–Crippen MR) is 196 cm³/mol. The molecule has 0 unspecified atom stereocenters. The topological polar surface area (TPSA) is 16.4 Å². The number of furan rings is 1. The normalized spacial score (nSPS) is 13.6. The van der Waals surface area contributed by atoms with E-state index in [4.69, 9.17) is 4.42 Å². The summed E-state index contributed by atoms with van der Waals surface area (Å²) in [6, 6.07) is 51.0. The minimum absolute atomic E-state index is 0.105. The SMILES string of the molecule is CC1(C)c2ccccc2-c2ccc(N(c3ccc4sc5ccccc5c4c3)c3cccc4c3oc3cc5ccccc5cc34)cc21. The van der Waals surface area contributed by atoms with Crippen molar-refractivity contribution in [2.75, 3.05) is 4.90 Å². The summed E-state index contributed by atoms with van der Waals surface area (Å²) in [6.45, 7) is 4.69. The second-order valence-electron chi connectivity index (χ2n) is 13.0. The smallest absolute Gasteiger partial charge is 0.159 e. The summed E-state index contributed by atoms with van der Waals surface area (Å²) in [6.07, 6.45) is 0. The zero-order valence-electron chi connectivity index (χ0n) is 25.5. The van der Waals surface area contributed by atoms with Crippen molar-refractivity contribution in [2.45, 2.75) is 19.3 Å². The van der Waals surface area contributed by atoms with Crippen LogP contribution in [0.15, 0.2) is 144 Å². The van der Waals surface area contributed by atoms with Crippen LogP contribution in [-0.4, -0.2) is 0 Å². The van der Waals surface area contributed by atoms with Gasteiger partial charge >= 0.3 is 0 Å². The van der Waals surface area contributed by atoms with Gasteiger partial charge in [-0.15, -0.1) is 11.3 Å². The van der Waals surface area contributed by atoms with Crippen LogP contribution >= 0.6 is 11.3 Å². The van der Waals surface area contributed by atoms with Crippen LogP contribution in [-0.2, 0) is 5.41 Å². The molecule has 1 aliphatic carbocycles. The lowest BCUT2D eigenvalue weighted by molar-refractivity contribution is 0.660. The first-order valence-electron chi connectivity index (χ1n) is 15.8. The molecule has 2 nitrogen and oxygen atoms in total. The summed E-state index contributed by atoms with van der Waals surface area (Å²) in [5.41, 5.74) is 10.3. The van der Waals surface area contributed by atoms with E-state index >= 15 is 0 Å². The summed E-state index contributed by atoms with van der Waals surface area (Å²) in [7, 11) is 0. The minimum atomic E-state index is -0.105. The lowest BCUT2D eigenvalue weighted by Gasteiger charge is -2.28. The van der Waals surface area contributed by atoms with Gasteiger partial charge < -0.3 is 9.32 Å². The second-order valence-corrected chi connectivity index (χ2v) is 14.0. The number of thiophene rings is 1. The van der Waals surface area contributed by atoms with E-state index in [9.17, 15) is 0 Å². The minimum Gasteiger partial charge on any atom is -0.454 e. The highest BCUT2D eigenvalue weighted by molar-refractivity contribution is 7.25. The van der Waals surface area contributed by atoms with Gasteiger partial charge in [-0.3, -0.25) is 0 Å². The summed E-state index contributed by atoms with van der Waals surface area (Å²) in [5, 5.41) is 7.24. The number of fused-ring (bicyclic) bond motifs is 10.